The quantitative estimate of drug-likeness (QED) is 0.155. The van der Waals surface area contributed by atoms with E-state index < -0.39 is 66.8 Å². The molecule has 0 saturated carbocycles. The molecule has 0 aromatic carbocycles. The number of rotatable bonds is 14. The van der Waals surface area contributed by atoms with E-state index in [9.17, 15) is 29.1 Å². The maximum Gasteiger partial charge on any atom is 0.326 e. The summed E-state index contributed by atoms with van der Waals surface area (Å²) in [6.45, 7) is 6.57. The highest BCUT2D eigenvalue weighted by molar-refractivity contribution is 5.94. The third-order valence-corrected chi connectivity index (χ3v) is 4.24. The minimum absolute atomic E-state index is 0.0721. The molecule has 12 heteroatoms. The van der Waals surface area contributed by atoms with E-state index in [4.69, 9.17) is 16.6 Å². The van der Waals surface area contributed by atoms with Crippen molar-refractivity contribution in [2.24, 2.45) is 23.3 Å². The maximum absolute atomic E-state index is 12.6. The summed E-state index contributed by atoms with van der Waals surface area (Å²) in [6, 6.07) is -4.95. The molecule has 0 saturated heterocycles. The number of hydrogen-bond acceptors (Lipinski definition) is 7. The van der Waals surface area contributed by atoms with Crippen molar-refractivity contribution < 1.29 is 34.2 Å². The summed E-state index contributed by atoms with van der Waals surface area (Å²) in [5.41, 5.74) is 10.8. The number of aliphatic carboxylic acids is 1. The summed E-state index contributed by atoms with van der Waals surface area (Å²) in [5, 5.41) is 25.6. The Labute approximate surface area is 181 Å². The number of nitrogens with two attached hydrogens (primary N) is 2. The second-order valence-electron chi connectivity index (χ2n) is 8.24. The fourth-order valence-electron chi connectivity index (χ4n) is 2.74. The number of carbonyl (C=O) groups is 5. The van der Waals surface area contributed by atoms with Gasteiger partial charge in [0.05, 0.1) is 19.1 Å². The molecule has 0 aliphatic carbocycles. The van der Waals surface area contributed by atoms with Gasteiger partial charge in [0.2, 0.25) is 23.6 Å². The second kappa shape index (κ2) is 13.5. The zero-order chi connectivity index (χ0) is 24.3. The summed E-state index contributed by atoms with van der Waals surface area (Å²) < 4.78 is 0. The van der Waals surface area contributed by atoms with Gasteiger partial charge in [0.1, 0.15) is 18.1 Å². The van der Waals surface area contributed by atoms with Crippen LogP contribution in [0.5, 0.6) is 0 Å². The third-order valence-electron chi connectivity index (χ3n) is 4.24. The Morgan fingerprint density at radius 3 is 1.65 bits per heavy atom. The lowest BCUT2D eigenvalue weighted by Gasteiger charge is -2.25. The third kappa shape index (κ3) is 11.3. The van der Waals surface area contributed by atoms with Crippen LogP contribution in [0.4, 0.5) is 0 Å². The highest BCUT2D eigenvalue weighted by Gasteiger charge is 2.31. The number of aliphatic hydroxyl groups is 1. The first-order valence-electron chi connectivity index (χ1n) is 10.1. The van der Waals surface area contributed by atoms with Crippen molar-refractivity contribution in [2.45, 2.75) is 71.1 Å². The predicted octanol–water partition coefficient (Wildman–Crippen LogP) is -2.19. The predicted molar refractivity (Wildman–Crippen MR) is 111 cm³/mol. The van der Waals surface area contributed by atoms with E-state index in [1.54, 1.807) is 13.8 Å². The fraction of sp³-hybridized carbons (Fsp3) is 0.737. The van der Waals surface area contributed by atoms with Gasteiger partial charge in [0.25, 0.3) is 0 Å². The van der Waals surface area contributed by atoms with E-state index in [0.717, 1.165) is 0 Å². The molecular formula is C19H35N5O7. The van der Waals surface area contributed by atoms with Crippen molar-refractivity contribution in [2.75, 3.05) is 6.61 Å². The molecule has 0 spiro atoms. The Balaban J connectivity index is 5.27. The Hall–Kier alpha value is -2.73. The first-order valence-corrected chi connectivity index (χ1v) is 10.1. The molecule has 12 nitrogen and oxygen atoms in total. The number of carboxylic acid groups (broad SMARTS) is 1. The van der Waals surface area contributed by atoms with Crippen LogP contribution in [0.1, 0.15) is 47.0 Å². The van der Waals surface area contributed by atoms with Crippen molar-refractivity contribution in [3.63, 3.8) is 0 Å². The van der Waals surface area contributed by atoms with Gasteiger partial charge >= 0.3 is 5.97 Å². The second-order valence-corrected chi connectivity index (χ2v) is 8.24. The minimum Gasteiger partial charge on any atom is -0.480 e. The van der Waals surface area contributed by atoms with Crippen LogP contribution >= 0.6 is 0 Å². The lowest BCUT2D eigenvalue weighted by atomic mass is 10.0. The van der Waals surface area contributed by atoms with Crippen LogP contribution < -0.4 is 27.4 Å². The van der Waals surface area contributed by atoms with Crippen molar-refractivity contribution >= 4 is 29.6 Å². The Kier molecular flexibility index (Phi) is 12.4. The Morgan fingerprint density at radius 2 is 1.23 bits per heavy atom. The molecule has 0 bridgehead atoms. The van der Waals surface area contributed by atoms with E-state index in [2.05, 4.69) is 16.0 Å². The molecule has 4 amide bonds. The summed E-state index contributed by atoms with van der Waals surface area (Å²) >= 11 is 0. The summed E-state index contributed by atoms with van der Waals surface area (Å²) in [4.78, 5) is 59.6. The van der Waals surface area contributed by atoms with Crippen LogP contribution in [-0.4, -0.2) is 70.6 Å². The van der Waals surface area contributed by atoms with Crippen LogP contribution in [0.3, 0.4) is 0 Å². The van der Waals surface area contributed by atoms with Gasteiger partial charge in [-0.1, -0.05) is 27.7 Å². The molecule has 0 radical (unpaired) electrons. The molecule has 0 heterocycles. The standard InChI is InChI=1S/C19H35N5O7/c1-9(2)5-11(20)16(27)24-14(8-25)18(29)22-12(6-10(3)4)17(28)23-13(19(30)31)7-15(21)26/h9-14,25H,5-8,20H2,1-4H3,(H2,21,26)(H,22,29)(H,23,28)(H,24,27)(H,30,31). The van der Waals surface area contributed by atoms with Gasteiger partial charge < -0.3 is 37.6 Å². The molecule has 0 aliphatic heterocycles. The number of nitrogens with one attached hydrogen (secondary N) is 3. The molecule has 0 rings (SSSR count). The monoisotopic (exact) mass is 445 g/mol. The van der Waals surface area contributed by atoms with Crippen LogP contribution in [0.2, 0.25) is 0 Å². The van der Waals surface area contributed by atoms with Gasteiger partial charge in [0.15, 0.2) is 0 Å². The fourth-order valence-corrected chi connectivity index (χ4v) is 2.74. The van der Waals surface area contributed by atoms with Crippen molar-refractivity contribution in [1.29, 1.82) is 0 Å². The van der Waals surface area contributed by atoms with E-state index in [0.29, 0.717) is 6.42 Å². The molecule has 31 heavy (non-hydrogen) atoms. The molecule has 0 aromatic rings. The maximum atomic E-state index is 12.6. The number of amides is 4. The normalized spacial score (nSPS) is 15.0. The first kappa shape index (κ1) is 28.3. The Bertz CT molecular complexity index is 654. The smallest absolute Gasteiger partial charge is 0.326 e. The van der Waals surface area contributed by atoms with Crippen molar-refractivity contribution in [3.05, 3.63) is 0 Å². The zero-order valence-corrected chi connectivity index (χ0v) is 18.4. The Morgan fingerprint density at radius 1 is 0.774 bits per heavy atom. The number of carbonyl (C=O) groups excluding carboxylic acids is 4. The molecule has 4 atom stereocenters. The van der Waals surface area contributed by atoms with E-state index in [-0.39, 0.29) is 18.3 Å². The largest absolute Gasteiger partial charge is 0.480 e. The van der Waals surface area contributed by atoms with Gasteiger partial charge in [-0.2, -0.15) is 0 Å². The van der Waals surface area contributed by atoms with Crippen molar-refractivity contribution in [3.8, 4) is 0 Å². The molecule has 178 valence electrons. The lowest BCUT2D eigenvalue weighted by Crippen LogP contribution is -2.58. The lowest BCUT2D eigenvalue weighted by molar-refractivity contribution is -0.144. The van der Waals surface area contributed by atoms with E-state index in [1.807, 2.05) is 13.8 Å². The highest BCUT2D eigenvalue weighted by atomic mass is 16.4. The minimum atomic E-state index is -1.56. The average molecular weight is 446 g/mol. The number of hydrogen-bond donors (Lipinski definition) is 7. The zero-order valence-electron chi connectivity index (χ0n) is 18.4. The van der Waals surface area contributed by atoms with Gasteiger partial charge in [-0.15, -0.1) is 0 Å². The van der Waals surface area contributed by atoms with Gasteiger partial charge in [-0.3, -0.25) is 19.2 Å². The SMILES string of the molecule is CC(C)CC(N)C(=O)NC(CO)C(=O)NC(CC(C)C)C(=O)NC(CC(N)=O)C(=O)O. The molecular weight excluding hydrogens is 410 g/mol. The summed E-state index contributed by atoms with van der Waals surface area (Å²) in [6.07, 6.45) is -0.105. The first-order chi connectivity index (χ1) is 14.3. The van der Waals surface area contributed by atoms with Crippen molar-refractivity contribution in [1.82, 2.24) is 16.0 Å². The molecule has 0 aromatic heterocycles. The highest BCUT2D eigenvalue weighted by Crippen LogP contribution is 2.07. The van der Waals surface area contributed by atoms with Gasteiger partial charge in [-0.05, 0) is 24.7 Å². The van der Waals surface area contributed by atoms with Gasteiger partial charge in [-0.25, -0.2) is 4.79 Å². The number of primary amides is 1. The summed E-state index contributed by atoms with van der Waals surface area (Å²) in [5.74, 6) is -4.61. The van der Waals surface area contributed by atoms with E-state index in [1.165, 1.54) is 0 Å². The molecule has 0 aliphatic rings. The molecule has 4 unspecified atom stereocenters. The molecule has 9 N–H and O–H groups in total. The molecule has 0 fully saturated rings. The van der Waals surface area contributed by atoms with E-state index >= 15 is 0 Å². The van der Waals surface area contributed by atoms with Crippen LogP contribution in [-0.2, 0) is 24.0 Å². The van der Waals surface area contributed by atoms with Crippen LogP contribution in [0.15, 0.2) is 0 Å². The summed E-state index contributed by atoms with van der Waals surface area (Å²) in [7, 11) is 0. The van der Waals surface area contributed by atoms with Crippen LogP contribution in [0, 0.1) is 11.8 Å². The number of carboxylic acids is 1. The average Bonchev–Trinajstić information content (AvgIpc) is 2.62. The van der Waals surface area contributed by atoms with Gasteiger partial charge in [0, 0.05) is 0 Å². The topological polar surface area (TPSA) is 214 Å². The van der Waals surface area contributed by atoms with Crippen LogP contribution in [0.25, 0.3) is 0 Å². The number of aliphatic hydroxyl groups excluding tert-OH is 1.